The van der Waals surface area contributed by atoms with Gasteiger partial charge in [-0.25, -0.2) is 0 Å². The van der Waals surface area contributed by atoms with Gasteiger partial charge >= 0.3 is 0 Å². The van der Waals surface area contributed by atoms with Crippen molar-refractivity contribution in [2.24, 2.45) is 46.3 Å². The van der Waals surface area contributed by atoms with Crippen molar-refractivity contribution >= 4 is 5.78 Å². The van der Waals surface area contributed by atoms with Crippen LogP contribution in [-0.4, -0.2) is 39.4 Å². The molecular weight excluding hydrogens is 400 g/mol. The first-order valence-electron chi connectivity index (χ1n) is 12.6. The van der Waals surface area contributed by atoms with E-state index < -0.39 is 17.1 Å². The smallest absolute Gasteiger partial charge is 0.178 e. The molecule has 0 spiro atoms. The number of ketones is 1. The molecule has 0 aromatic heterocycles. The zero-order valence-electron chi connectivity index (χ0n) is 20.4. The summed E-state index contributed by atoms with van der Waals surface area (Å²) < 4.78 is 0. The summed E-state index contributed by atoms with van der Waals surface area (Å²) in [5.41, 5.74) is -0.513. The first kappa shape index (κ1) is 23.9. The lowest BCUT2D eigenvalue weighted by atomic mass is 9.47. The summed E-state index contributed by atoms with van der Waals surface area (Å²) in [6, 6.07) is 0. The molecule has 4 rings (SSSR count). The van der Waals surface area contributed by atoms with E-state index in [0.717, 1.165) is 25.7 Å². The molecular formula is C28H42O4. The van der Waals surface area contributed by atoms with Crippen molar-refractivity contribution < 1.29 is 20.1 Å². The summed E-state index contributed by atoms with van der Waals surface area (Å²) in [5, 5.41) is 33.6. The van der Waals surface area contributed by atoms with E-state index in [4.69, 9.17) is 0 Å². The fourth-order valence-corrected chi connectivity index (χ4v) is 7.95. The van der Waals surface area contributed by atoms with Crippen LogP contribution in [0.5, 0.6) is 0 Å². The minimum Gasteiger partial charge on any atom is -0.396 e. The lowest BCUT2D eigenvalue weighted by molar-refractivity contribution is -0.126. The average Bonchev–Trinajstić information content (AvgIpc) is 3.05. The van der Waals surface area contributed by atoms with Crippen molar-refractivity contribution in [1.82, 2.24) is 0 Å². The van der Waals surface area contributed by atoms with E-state index >= 15 is 0 Å². The van der Waals surface area contributed by atoms with Crippen molar-refractivity contribution in [3.63, 3.8) is 0 Å². The molecule has 0 amide bonds. The van der Waals surface area contributed by atoms with Crippen molar-refractivity contribution in [3.8, 4) is 0 Å². The van der Waals surface area contributed by atoms with Gasteiger partial charge in [-0.15, -0.1) is 0 Å². The Kier molecular flexibility index (Phi) is 6.14. The number of fused-ring (bicyclic) bond motifs is 5. The van der Waals surface area contributed by atoms with Crippen LogP contribution in [0.2, 0.25) is 0 Å². The maximum Gasteiger partial charge on any atom is 0.178 e. The van der Waals surface area contributed by atoms with Crippen LogP contribution in [-0.2, 0) is 4.79 Å². The molecule has 3 fully saturated rings. The van der Waals surface area contributed by atoms with Crippen molar-refractivity contribution in [2.75, 3.05) is 6.61 Å². The Hall–Kier alpha value is -1.23. The highest BCUT2D eigenvalue weighted by Gasteiger charge is 2.65. The summed E-state index contributed by atoms with van der Waals surface area (Å²) in [4.78, 5) is 12.0. The molecule has 9 atom stereocenters. The van der Waals surface area contributed by atoms with Crippen LogP contribution in [0.1, 0.15) is 66.7 Å². The third kappa shape index (κ3) is 3.58. The van der Waals surface area contributed by atoms with E-state index in [1.54, 1.807) is 6.08 Å². The number of aliphatic hydroxyl groups excluding tert-OH is 2. The number of carbonyl (C=O) groups is 1. The molecule has 178 valence electrons. The first-order valence-corrected chi connectivity index (χ1v) is 12.6. The molecule has 32 heavy (non-hydrogen) atoms. The average molecular weight is 443 g/mol. The maximum atomic E-state index is 12.0. The van der Waals surface area contributed by atoms with Crippen LogP contribution in [0.3, 0.4) is 0 Å². The standard InChI is InChI=1S/C28H42O4/c1-17(2)18(3)8-12-27(5,32)25-24(31)15-23-21-7-6-19-14-20(30)9-11-26(19,4)22(21)10-13-28(23,25)16-29/h8-9,11-12,14,17-18,21-25,29,31-32H,6-7,10,13,15-16H2,1-5H3/b12-8+/t18-,21+,22-,23-,24-,25+,26-,27-,28+/m0/s1. The zero-order valence-corrected chi connectivity index (χ0v) is 20.4. The predicted molar refractivity (Wildman–Crippen MR) is 127 cm³/mol. The molecule has 4 aliphatic carbocycles. The summed E-state index contributed by atoms with van der Waals surface area (Å²) >= 11 is 0. The van der Waals surface area contributed by atoms with Gasteiger partial charge in [0.25, 0.3) is 0 Å². The Labute approximate surface area is 193 Å². The van der Waals surface area contributed by atoms with Crippen molar-refractivity contribution in [1.29, 1.82) is 0 Å². The number of carbonyl (C=O) groups excluding carboxylic acids is 1. The molecule has 0 radical (unpaired) electrons. The third-order valence-corrected chi connectivity index (χ3v) is 10.0. The number of hydrogen-bond donors (Lipinski definition) is 3. The van der Waals surface area contributed by atoms with Crippen molar-refractivity contribution in [3.05, 3.63) is 36.0 Å². The second-order valence-corrected chi connectivity index (χ2v) is 12.0. The van der Waals surface area contributed by atoms with Gasteiger partial charge in [-0.3, -0.25) is 4.79 Å². The van der Waals surface area contributed by atoms with Gasteiger partial charge in [0.05, 0.1) is 11.7 Å². The zero-order chi connectivity index (χ0) is 23.5. The van der Waals surface area contributed by atoms with Crippen LogP contribution in [0.25, 0.3) is 0 Å². The minimum atomic E-state index is -1.17. The van der Waals surface area contributed by atoms with Gasteiger partial charge in [-0.1, -0.05) is 51.5 Å². The Morgan fingerprint density at radius 1 is 1.25 bits per heavy atom. The van der Waals surface area contributed by atoms with Crippen LogP contribution in [0.15, 0.2) is 36.0 Å². The molecule has 0 saturated heterocycles. The quantitative estimate of drug-likeness (QED) is 0.550. The van der Waals surface area contributed by atoms with Gasteiger partial charge in [-0.2, -0.15) is 0 Å². The Morgan fingerprint density at radius 3 is 2.62 bits per heavy atom. The van der Waals surface area contributed by atoms with Crippen molar-refractivity contribution in [2.45, 2.75) is 78.4 Å². The molecule has 0 unspecified atom stereocenters. The van der Waals surface area contributed by atoms with E-state index in [2.05, 4.69) is 39.8 Å². The van der Waals surface area contributed by atoms with E-state index in [0.29, 0.717) is 30.1 Å². The largest absolute Gasteiger partial charge is 0.396 e. The fraction of sp³-hybridized carbons (Fsp3) is 0.750. The van der Waals surface area contributed by atoms with Gasteiger partial charge in [0.15, 0.2) is 5.78 Å². The SMILES string of the molecule is CC(C)[C@@H](C)/C=C/[C@](C)(O)[C@H]1[C@@H](O)C[C@H]2[C@@H]3CCC4=CC(=O)C=C[C@]4(C)[C@H]3CC[C@@]21CO. The van der Waals surface area contributed by atoms with Crippen LogP contribution in [0, 0.1) is 46.3 Å². The third-order valence-electron chi connectivity index (χ3n) is 10.0. The van der Waals surface area contributed by atoms with Gasteiger partial charge < -0.3 is 15.3 Å². The molecule has 0 heterocycles. The minimum absolute atomic E-state index is 0.0000728. The van der Waals surface area contributed by atoms with Gasteiger partial charge in [0, 0.05) is 23.4 Å². The second-order valence-electron chi connectivity index (χ2n) is 12.0. The summed E-state index contributed by atoms with van der Waals surface area (Å²) in [5.74, 6) is 1.49. The first-order chi connectivity index (χ1) is 15.0. The lowest BCUT2D eigenvalue weighted by Gasteiger charge is -2.58. The van der Waals surface area contributed by atoms with Gasteiger partial charge in [0.1, 0.15) is 0 Å². The molecule has 4 heteroatoms. The fourth-order valence-electron chi connectivity index (χ4n) is 7.95. The predicted octanol–water partition coefficient (Wildman–Crippen LogP) is 4.45. The monoisotopic (exact) mass is 442 g/mol. The van der Waals surface area contributed by atoms with Crippen LogP contribution >= 0.6 is 0 Å². The summed E-state index contributed by atoms with van der Waals surface area (Å²) in [6.07, 6.45) is 13.3. The molecule has 4 aliphatic rings. The molecule has 0 aromatic carbocycles. The molecule has 4 nitrogen and oxygen atoms in total. The Morgan fingerprint density at radius 2 is 1.97 bits per heavy atom. The second kappa shape index (κ2) is 8.21. The normalized spacial score (nSPS) is 44.1. The van der Waals surface area contributed by atoms with Gasteiger partial charge in [-0.05, 0) is 80.8 Å². The maximum absolute atomic E-state index is 12.0. The van der Waals surface area contributed by atoms with E-state index in [1.807, 2.05) is 19.1 Å². The molecule has 0 bridgehead atoms. The van der Waals surface area contributed by atoms with Gasteiger partial charge in [0.2, 0.25) is 0 Å². The van der Waals surface area contributed by atoms with E-state index in [9.17, 15) is 20.1 Å². The number of rotatable bonds is 5. The Bertz CT molecular complexity index is 836. The Balaban J connectivity index is 1.66. The lowest BCUT2D eigenvalue weighted by Crippen LogP contribution is -2.55. The number of aliphatic hydroxyl groups is 3. The van der Waals surface area contributed by atoms with Crippen LogP contribution in [0.4, 0.5) is 0 Å². The molecule has 3 N–H and O–H groups in total. The van der Waals surface area contributed by atoms with E-state index in [-0.39, 0.29) is 29.6 Å². The van der Waals surface area contributed by atoms with Crippen LogP contribution < -0.4 is 0 Å². The molecule has 0 aromatic rings. The molecule has 3 saturated carbocycles. The number of allylic oxidation sites excluding steroid dienone is 5. The summed E-state index contributed by atoms with van der Waals surface area (Å²) in [7, 11) is 0. The molecule has 0 aliphatic heterocycles. The van der Waals surface area contributed by atoms with E-state index in [1.165, 1.54) is 5.57 Å². The topological polar surface area (TPSA) is 77.8 Å². The summed E-state index contributed by atoms with van der Waals surface area (Å²) in [6.45, 7) is 10.6. The highest BCUT2D eigenvalue weighted by Crippen LogP contribution is 2.67. The number of hydrogen-bond acceptors (Lipinski definition) is 4. The highest BCUT2D eigenvalue weighted by atomic mass is 16.3. The highest BCUT2D eigenvalue weighted by molar-refractivity contribution is 6.01.